The smallest absolute Gasteiger partial charge is 0.475 e. The van der Waals surface area contributed by atoms with Crippen LogP contribution in [0.2, 0.25) is 0 Å². The number of halogens is 4. The Morgan fingerprint density at radius 2 is 1.51 bits per heavy atom. The Balaban J connectivity index is 0.000000364. The predicted molar refractivity (Wildman–Crippen MR) is 121 cm³/mol. The zero-order valence-electron chi connectivity index (χ0n) is 17.9. The van der Waals surface area contributed by atoms with Crippen LogP contribution in [0.1, 0.15) is 5.56 Å². The van der Waals surface area contributed by atoms with Crippen molar-refractivity contribution in [3.8, 4) is 0 Å². The molecule has 35 heavy (non-hydrogen) atoms. The third kappa shape index (κ3) is 4.65. The van der Waals surface area contributed by atoms with E-state index in [1.807, 2.05) is 35.2 Å². The van der Waals surface area contributed by atoms with Gasteiger partial charge in [0.1, 0.15) is 0 Å². The Labute approximate surface area is 205 Å². The van der Waals surface area contributed by atoms with E-state index in [1.54, 1.807) is 36.4 Å². The van der Waals surface area contributed by atoms with Crippen LogP contribution >= 0.6 is 15.9 Å². The molecule has 2 amide bonds. The number of nitrogens with zero attached hydrogens (tertiary/aromatic N) is 2. The fraction of sp³-hybridized carbons (Fsp3) is 0.250. The van der Waals surface area contributed by atoms with Gasteiger partial charge < -0.3 is 5.11 Å². The highest BCUT2D eigenvalue weighted by atomic mass is 79.9. The summed E-state index contributed by atoms with van der Waals surface area (Å²) in [6.07, 6.45) is -1.75. The normalized spacial score (nSPS) is 25.4. The third-order valence-electron chi connectivity index (χ3n) is 6.13. The molecule has 0 spiro atoms. The number of rotatable bonds is 3. The molecule has 0 radical (unpaired) electrons. The number of carbonyl (C=O) groups is 4. The van der Waals surface area contributed by atoms with Gasteiger partial charge in [-0.25, -0.2) is 9.69 Å². The first-order chi connectivity index (χ1) is 16.5. The molecule has 182 valence electrons. The molecule has 11 heteroatoms. The number of carbonyl (C=O) groups excluding carboxylic acids is 3. The lowest BCUT2D eigenvalue weighted by Gasteiger charge is -2.33. The van der Waals surface area contributed by atoms with E-state index in [9.17, 15) is 27.6 Å². The summed E-state index contributed by atoms with van der Waals surface area (Å²) in [7, 11) is 0. The summed E-state index contributed by atoms with van der Waals surface area (Å²) in [5, 5.41) is 7.12. The summed E-state index contributed by atoms with van der Waals surface area (Å²) in [6.45, 7) is 0.525. The van der Waals surface area contributed by atoms with Crippen molar-refractivity contribution in [2.24, 2.45) is 11.8 Å². The second kappa shape index (κ2) is 9.38. The number of para-hydroxylation sites is 1. The number of ketones is 1. The van der Waals surface area contributed by atoms with Crippen LogP contribution in [-0.4, -0.2) is 51.8 Å². The maximum Gasteiger partial charge on any atom is 0.490 e. The maximum absolute atomic E-state index is 13.2. The largest absolute Gasteiger partial charge is 0.490 e. The van der Waals surface area contributed by atoms with Crippen molar-refractivity contribution >= 4 is 45.2 Å². The van der Waals surface area contributed by atoms with Gasteiger partial charge in [0.05, 0.1) is 23.6 Å². The van der Waals surface area contributed by atoms with E-state index < -0.39 is 30.0 Å². The number of benzene rings is 2. The number of aliphatic carboxylic acids is 1. The Kier molecular flexibility index (Phi) is 6.65. The van der Waals surface area contributed by atoms with Gasteiger partial charge in [-0.3, -0.25) is 19.3 Å². The number of carboxylic acids is 1. The first kappa shape index (κ1) is 24.8. The summed E-state index contributed by atoms with van der Waals surface area (Å²) in [5.41, 5.74) is 1.61. The van der Waals surface area contributed by atoms with E-state index in [1.165, 1.54) is 4.90 Å². The van der Waals surface area contributed by atoms with E-state index in [-0.39, 0.29) is 23.6 Å². The Morgan fingerprint density at radius 3 is 2.09 bits per heavy atom. The standard InChI is InChI=1S/C22H17BrN2O3.C2HF3O2/c23-14-8-6-13(7-9-14)12-24-16-10-11-17(26)20(24)19-18(16)21(27)25(22(19)28)15-4-2-1-3-5-15;3-2(4,5)1(6)7/h1-11,16,18-20H,12H2;(H,6,7). The number of hydrogen-bond donors (Lipinski definition) is 1. The molecule has 3 heterocycles. The van der Waals surface area contributed by atoms with Crippen molar-refractivity contribution in [2.75, 3.05) is 4.90 Å². The van der Waals surface area contributed by atoms with E-state index in [0.717, 1.165) is 10.0 Å². The van der Waals surface area contributed by atoms with E-state index >= 15 is 0 Å². The number of alkyl halides is 3. The molecule has 7 nitrogen and oxygen atoms in total. The molecule has 1 N–H and O–H groups in total. The van der Waals surface area contributed by atoms with Gasteiger partial charge in [0.25, 0.3) is 0 Å². The van der Waals surface area contributed by atoms with E-state index in [0.29, 0.717) is 12.2 Å². The number of imide groups is 1. The number of amides is 2. The molecule has 2 bridgehead atoms. The Hall–Kier alpha value is -3.31. The lowest BCUT2D eigenvalue weighted by molar-refractivity contribution is -0.192. The summed E-state index contributed by atoms with van der Waals surface area (Å²) in [5.74, 6) is -4.49. The molecule has 0 aromatic heterocycles. The van der Waals surface area contributed by atoms with Crippen LogP contribution in [0.5, 0.6) is 0 Å². The van der Waals surface area contributed by atoms with Crippen molar-refractivity contribution in [1.29, 1.82) is 0 Å². The molecule has 3 aliphatic heterocycles. The van der Waals surface area contributed by atoms with Crippen LogP contribution in [0.15, 0.2) is 71.2 Å². The van der Waals surface area contributed by atoms with Crippen molar-refractivity contribution in [2.45, 2.75) is 24.8 Å². The predicted octanol–water partition coefficient (Wildman–Crippen LogP) is 3.58. The number of carboxylic acid groups (broad SMARTS) is 1. The van der Waals surface area contributed by atoms with Crippen molar-refractivity contribution in [3.05, 3.63) is 76.8 Å². The molecule has 0 saturated carbocycles. The molecule has 4 atom stereocenters. The van der Waals surface area contributed by atoms with Crippen molar-refractivity contribution < 1.29 is 37.5 Å². The molecular formula is C24H18BrF3N2O5. The first-order valence-corrected chi connectivity index (χ1v) is 11.2. The average Bonchev–Trinajstić information content (AvgIpc) is 3.19. The van der Waals surface area contributed by atoms with Crippen molar-refractivity contribution in [1.82, 2.24) is 4.90 Å². The summed E-state index contributed by atoms with van der Waals surface area (Å²) < 4.78 is 32.7. The Bertz CT molecular complexity index is 1200. The molecule has 5 rings (SSSR count). The van der Waals surface area contributed by atoms with Gasteiger partial charge in [-0.15, -0.1) is 0 Å². The monoisotopic (exact) mass is 550 g/mol. The van der Waals surface area contributed by atoms with Crippen LogP contribution in [0.4, 0.5) is 18.9 Å². The van der Waals surface area contributed by atoms with Gasteiger partial charge in [0.15, 0.2) is 5.78 Å². The van der Waals surface area contributed by atoms with Crippen LogP contribution in [0.25, 0.3) is 0 Å². The zero-order chi connectivity index (χ0) is 25.5. The molecule has 3 aliphatic rings. The molecule has 4 unspecified atom stereocenters. The number of hydrogen-bond acceptors (Lipinski definition) is 5. The van der Waals surface area contributed by atoms with Gasteiger partial charge in [0.2, 0.25) is 11.8 Å². The van der Waals surface area contributed by atoms with Crippen molar-refractivity contribution in [3.63, 3.8) is 0 Å². The summed E-state index contributed by atoms with van der Waals surface area (Å²) in [6, 6.07) is 16.0. The lowest BCUT2D eigenvalue weighted by atomic mass is 9.90. The fourth-order valence-corrected chi connectivity index (χ4v) is 4.96. The number of anilines is 1. The quantitative estimate of drug-likeness (QED) is 0.587. The lowest BCUT2D eigenvalue weighted by Crippen LogP contribution is -2.48. The molecule has 0 aliphatic carbocycles. The topological polar surface area (TPSA) is 95.0 Å². The highest BCUT2D eigenvalue weighted by molar-refractivity contribution is 9.10. The summed E-state index contributed by atoms with van der Waals surface area (Å²) >= 11 is 3.43. The van der Waals surface area contributed by atoms with E-state index in [2.05, 4.69) is 15.9 Å². The van der Waals surface area contributed by atoms with Gasteiger partial charge in [-0.1, -0.05) is 52.3 Å². The Morgan fingerprint density at radius 1 is 0.943 bits per heavy atom. The van der Waals surface area contributed by atoms with Gasteiger partial charge >= 0.3 is 12.1 Å². The zero-order valence-corrected chi connectivity index (χ0v) is 19.4. The van der Waals surface area contributed by atoms with Gasteiger partial charge in [-0.2, -0.15) is 13.2 Å². The second-order valence-corrected chi connectivity index (χ2v) is 9.11. The third-order valence-corrected chi connectivity index (χ3v) is 6.66. The molecule has 2 aromatic carbocycles. The fourth-order valence-electron chi connectivity index (χ4n) is 4.70. The van der Waals surface area contributed by atoms with Crippen LogP contribution < -0.4 is 4.90 Å². The van der Waals surface area contributed by atoms with E-state index in [4.69, 9.17) is 9.90 Å². The first-order valence-electron chi connectivity index (χ1n) is 10.5. The SMILES string of the molecule is O=C(O)C(F)(F)F.O=C1C=CC2C3C(=O)N(c4ccccc4)C(=O)C3C1N2Cc1ccc(Br)cc1. The highest BCUT2D eigenvalue weighted by Crippen LogP contribution is 2.47. The molecule has 2 aromatic rings. The minimum absolute atomic E-state index is 0.100. The van der Waals surface area contributed by atoms with Gasteiger partial charge in [-0.05, 0) is 35.9 Å². The minimum Gasteiger partial charge on any atom is -0.475 e. The average molecular weight is 551 g/mol. The molecule has 2 fully saturated rings. The summed E-state index contributed by atoms with van der Waals surface area (Å²) in [4.78, 5) is 51.3. The van der Waals surface area contributed by atoms with Crippen LogP contribution in [-0.2, 0) is 25.7 Å². The minimum atomic E-state index is -5.08. The van der Waals surface area contributed by atoms with Gasteiger partial charge in [0, 0.05) is 17.1 Å². The van der Waals surface area contributed by atoms with Crippen LogP contribution in [0.3, 0.4) is 0 Å². The van der Waals surface area contributed by atoms with Crippen LogP contribution in [0, 0.1) is 11.8 Å². The maximum atomic E-state index is 13.2. The molecular weight excluding hydrogens is 533 g/mol. The molecule has 2 saturated heterocycles. The second-order valence-electron chi connectivity index (χ2n) is 8.20. The number of fused-ring (bicyclic) bond motifs is 5. The highest BCUT2D eigenvalue weighted by Gasteiger charge is 2.64.